The molecule has 1 unspecified atom stereocenters. The molecule has 0 saturated heterocycles. The Hall–Kier alpha value is -1.64. The van der Waals surface area contributed by atoms with Gasteiger partial charge in [-0.05, 0) is 55.9 Å². The maximum Gasteiger partial charge on any atom is 0.0465 e. The molecule has 2 heteroatoms. The molecule has 106 valence electrons. The van der Waals surface area contributed by atoms with E-state index in [2.05, 4.69) is 68.7 Å². The predicted molar refractivity (Wildman–Crippen MR) is 85.5 cm³/mol. The molecule has 2 nitrogen and oxygen atoms in total. The van der Waals surface area contributed by atoms with Gasteiger partial charge in [-0.1, -0.05) is 48.0 Å². The average molecular weight is 268 g/mol. The van der Waals surface area contributed by atoms with E-state index in [0.29, 0.717) is 0 Å². The summed E-state index contributed by atoms with van der Waals surface area (Å²) in [5, 5.41) is 0. The van der Waals surface area contributed by atoms with Crippen LogP contribution in [-0.2, 0) is 6.42 Å². The number of nitrogens with two attached hydrogens (primary N) is 1. The Kier molecular flexibility index (Phi) is 4.94. The van der Waals surface area contributed by atoms with E-state index in [1.165, 1.54) is 27.8 Å². The third-order valence-electron chi connectivity index (χ3n) is 4.07. The van der Waals surface area contributed by atoms with E-state index in [1.54, 1.807) is 0 Å². The van der Waals surface area contributed by atoms with Crippen molar-refractivity contribution in [3.8, 4) is 0 Å². The van der Waals surface area contributed by atoms with Crippen LogP contribution in [0.4, 0.5) is 0 Å². The number of hydrazine groups is 1. The number of nitrogens with one attached hydrogen (secondary N) is 1. The Balaban J connectivity index is 2.09. The van der Waals surface area contributed by atoms with Crippen molar-refractivity contribution in [2.75, 3.05) is 0 Å². The van der Waals surface area contributed by atoms with Crippen molar-refractivity contribution < 1.29 is 0 Å². The summed E-state index contributed by atoms with van der Waals surface area (Å²) < 4.78 is 0. The van der Waals surface area contributed by atoms with Crippen LogP contribution in [0.1, 0.15) is 40.3 Å². The predicted octanol–water partition coefficient (Wildman–Crippen LogP) is 3.75. The molecule has 2 aromatic carbocycles. The van der Waals surface area contributed by atoms with Gasteiger partial charge in [0.25, 0.3) is 0 Å². The highest BCUT2D eigenvalue weighted by Gasteiger charge is 2.13. The Bertz CT molecular complexity index is 558. The van der Waals surface area contributed by atoms with E-state index in [9.17, 15) is 0 Å². The van der Waals surface area contributed by atoms with Gasteiger partial charge in [0.1, 0.15) is 0 Å². The minimum absolute atomic E-state index is 0.205. The summed E-state index contributed by atoms with van der Waals surface area (Å²) in [7, 11) is 0. The van der Waals surface area contributed by atoms with Gasteiger partial charge in [0.05, 0.1) is 0 Å². The van der Waals surface area contributed by atoms with E-state index < -0.39 is 0 Å². The third-order valence-corrected chi connectivity index (χ3v) is 4.07. The topological polar surface area (TPSA) is 38.0 Å². The van der Waals surface area contributed by atoms with Crippen LogP contribution in [0.5, 0.6) is 0 Å². The fraction of sp³-hybridized carbons (Fsp3) is 0.333. The van der Waals surface area contributed by atoms with Crippen LogP contribution in [-0.4, -0.2) is 0 Å². The maximum atomic E-state index is 5.76. The molecule has 0 aromatic heterocycles. The molecule has 3 N–H and O–H groups in total. The standard InChI is InChI=1S/C18H24N2/c1-13-7-9-16(10-8-13)11-12-18(20-19)17-6-4-5-14(2)15(17)3/h4-10,18,20H,11-12,19H2,1-3H3. The summed E-state index contributed by atoms with van der Waals surface area (Å²) >= 11 is 0. The normalized spacial score (nSPS) is 12.4. The second kappa shape index (κ2) is 6.69. The van der Waals surface area contributed by atoms with Crippen molar-refractivity contribution >= 4 is 0 Å². The van der Waals surface area contributed by atoms with Crippen LogP contribution in [0.15, 0.2) is 42.5 Å². The van der Waals surface area contributed by atoms with Gasteiger partial charge in [-0.3, -0.25) is 11.3 Å². The second-order valence-electron chi connectivity index (χ2n) is 5.53. The molecular weight excluding hydrogens is 244 g/mol. The summed E-state index contributed by atoms with van der Waals surface area (Å²) in [5.74, 6) is 5.76. The minimum atomic E-state index is 0.205. The fourth-order valence-corrected chi connectivity index (χ4v) is 2.55. The lowest BCUT2D eigenvalue weighted by Gasteiger charge is -2.19. The number of hydrogen-bond acceptors (Lipinski definition) is 2. The van der Waals surface area contributed by atoms with Crippen molar-refractivity contribution in [2.45, 2.75) is 39.7 Å². The molecule has 0 radical (unpaired) electrons. The van der Waals surface area contributed by atoms with Gasteiger partial charge in [0.2, 0.25) is 0 Å². The Morgan fingerprint density at radius 3 is 2.35 bits per heavy atom. The molecule has 0 aliphatic heterocycles. The molecule has 0 aliphatic rings. The molecule has 2 aromatic rings. The molecule has 0 bridgehead atoms. The Morgan fingerprint density at radius 2 is 1.70 bits per heavy atom. The van der Waals surface area contributed by atoms with Gasteiger partial charge in [-0.2, -0.15) is 0 Å². The average Bonchev–Trinajstić information content (AvgIpc) is 2.45. The van der Waals surface area contributed by atoms with Crippen LogP contribution in [0, 0.1) is 20.8 Å². The van der Waals surface area contributed by atoms with E-state index in [4.69, 9.17) is 5.84 Å². The number of hydrogen-bond donors (Lipinski definition) is 2. The Morgan fingerprint density at radius 1 is 1.00 bits per heavy atom. The van der Waals surface area contributed by atoms with Crippen LogP contribution < -0.4 is 11.3 Å². The summed E-state index contributed by atoms with van der Waals surface area (Å²) in [4.78, 5) is 0. The zero-order valence-corrected chi connectivity index (χ0v) is 12.6. The molecule has 1 atom stereocenters. The zero-order chi connectivity index (χ0) is 14.5. The van der Waals surface area contributed by atoms with Gasteiger partial charge in [0.15, 0.2) is 0 Å². The van der Waals surface area contributed by atoms with Crippen molar-refractivity contribution in [3.05, 3.63) is 70.3 Å². The minimum Gasteiger partial charge on any atom is -0.271 e. The molecular formula is C18H24N2. The van der Waals surface area contributed by atoms with Crippen LogP contribution >= 0.6 is 0 Å². The first-order valence-electron chi connectivity index (χ1n) is 7.19. The van der Waals surface area contributed by atoms with Crippen LogP contribution in [0.25, 0.3) is 0 Å². The number of benzene rings is 2. The number of aryl methyl sites for hydroxylation is 3. The lowest BCUT2D eigenvalue weighted by Crippen LogP contribution is -2.29. The lowest BCUT2D eigenvalue weighted by molar-refractivity contribution is 0.514. The van der Waals surface area contributed by atoms with Crippen molar-refractivity contribution in [1.82, 2.24) is 5.43 Å². The molecule has 0 spiro atoms. The van der Waals surface area contributed by atoms with Crippen molar-refractivity contribution in [2.24, 2.45) is 5.84 Å². The largest absolute Gasteiger partial charge is 0.271 e. The first kappa shape index (κ1) is 14.8. The SMILES string of the molecule is Cc1ccc(CCC(NN)c2cccc(C)c2C)cc1. The van der Waals surface area contributed by atoms with Crippen LogP contribution in [0.3, 0.4) is 0 Å². The van der Waals surface area contributed by atoms with E-state index in [0.717, 1.165) is 12.8 Å². The maximum absolute atomic E-state index is 5.76. The molecule has 0 saturated carbocycles. The molecule has 0 aliphatic carbocycles. The summed E-state index contributed by atoms with van der Waals surface area (Å²) in [6, 6.07) is 15.4. The third kappa shape index (κ3) is 3.47. The molecule has 0 heterocycles. The smallest absolute Gasteiger partial charge is 0.0465 e. The lowest BCUT2D eigenvalue weighted by atomic mass is 9.93. The van der Waals surface area contributed by atoms with Gasteiger partial charge >= 0.3 is 0 Å². The van der Waals surface area contributed by atoms with Crippen molar-refractivity contribution in [1.29, 1.82) is 0 Å². The Labute approximate surface area is 122 Å². The van der Waals surface area contributed by atoms with Crippen molar-refractivity contribution in [3.63, 3.8) is 0 Å². The summed E-state index contributed by atoms with van der Waals surface area (Å²) in [6.07, 6.45) is 2.03. The van der Waals surface area contributed by atoms with E-state index in [1.807, 2.05) is 0 Å². The van der Waals surface area contributed by atoms with Crippen LogP contribution in [0.2, 0.25) is 0 Å². The van der Waals surface area contributed by atoms with E-state index >= 15 is 0 Å². The highest BCUT2D eigenvalue weighted by molar-refractivity contribution is 5.35. The van der Waals surface area contributed by atoms with Gasteiger partial charge < -0.3 is 0 Å². The fourth-order valence-electron chi connectivity index (χ4n) is 2.55. The number of rotatable bonds is 5. The molecule has 20 heavy (non-hydrogen) atoms. The summed E-state index contributed by atoms with van der Waals surface area (Å²) in [6.45, 7) is 6.43. The van der Waals surface area contributed by atoms with Gasteiger partial charge in [-0.25, -0.2) is 0 Å². The molecule has 2 rings (SSSR count). The highest BCUT2D eigenvalue weighted by Crippen LogP contribution is 2.24. The zero-order valence-electron chi connectivity index (χ0n) is 12.6. The monoisotopic (exact) mass is 268 g/mol. The quantitative estimate of drug-likeness (QED) is 0.640. The van der Waals surface area contributed by atoms with Gasteiger partial charge in [0, 0.05) is 6.04 Å². The second-order valence-corrected chi connectivity index (χ2v) is 5.53. The molecule has 0 fully saturated rings. The molecule has 0 amide bonds. The summed E-state index contributed by atoms with van der Waals surface area (Å²) in [5.41, 5.74) is 9.59. The van der Waals surface area contributed by atoms with Gasteiger partial charge in [-0.15, -0.1) is 0 Å². The first-order chi connectivity index (χ1) is 9.61. The highest BCUT2D eigenvalue weighted by atomic mass is 15.2. The van der Waals surface area contributed by atoms with E-state index in [-0.39, 0.29) is 6.04 Å². The first-order valence-corrected chi connectivity index (χ1v) is 7.19.